The van der Waals surface area contributed by atoms with Crippen molar-refractivity contribution in [2.75, 3.05) is 6.61 Å². The molecular formula is C21H25N3O6. The third kappa shape index (κ3) is 4.50. The fraction of sp³-hybridized carbons (Fsp3) is 0.476. The molecule has 3 rings (SSSR count). The second kappa shape index (κ2) is 9.06. The first-order valence-corrected chi connectivity index (χ1v) is 10.0. The van der Waals surface area contributed by atoms with Crippen LogP contribution in [0.2, 0.25) is 0 Å². The van der Waals surface area contributed by atoms with Gasteiger partial charge in [-0.05, 0) is 37.8 Å². The normalized spacial score (nSPS) is 21.6. The summed E-state index contributed by atoms with van der Waals surface area (Å²) in [5.74, 6) is -2.56. The number of nitrogens with one attached hydrogen (secondary N) is 2. The van der Waals surface area contributed by atoms with Gasteiger partial charge in [0, 0.05) is 6.04 Å². The molecule has 0 saturated heterocycles. The summed E-state index contributed by atoms with van der Waals surface area (Å²) in [5.41, 5.74) is 0.432. The number of amides is 5. The fourth-order valence-corrected chi connectivity index (χ4v) is 3.82. The van der Waals surface area contributed by atoms with Crippen LogP contribution in [0.25, 0.3) is 0 Å². The average Bonchev–Trinajstić information content (AvgIpc) is 2.98. The van der Waals surface area contributed by atoms with Crippen molar-refractivity contribution in [3.05, 3.63) is 35.4 Å². The molecule has 9 heteroatoms. The Balaban J connectivity index is 1.48. The molecule has 1 aromatic rings. The largest absolute Gasteiger partial charge is 0.454 e. The fourth-order valence-electron chi connectivity index (χ4n) is 3.82. The molecule has 160 valence electrons. The minimum atomic E-state index is -1.21. The Morgan fingerprint density at radius 2 is 1.70 bits per heavy atom. The van der Waals surface area contributed by atoms with E-state index in [-0.39, 0.29) is 17.2 Å². The molecule has 2 N–H and O–H groups in total. The van der Waals surface area contributed by atoms with Crippen molar-refractivity contribution in [2.45, 2.75) is 51.6 Å². The molecule has 1 aromatic carbocycles. The molecule has 1 aliphatic carbocycles. The number of nitrogens with zero attached hydrogens (tertiary/aromatic N) is 1. The van der Waals surface area contributed by atoms with Crippen molar-refractivity contribution >= 4 is 29.7 Å². The minimum Gasteiger partial charge on any atom is -0.454 e. The lowest BCUT2D eigenvalue weighted by molar-refractivity contribution is -0.151. The van der Waals surface area contributed by atoms with E-state index in [2.05, 4.69) is 10.6 Å². The molecule has 1 saturated carbocycles. The van der Waals surface area contributed by atoms with E-state index in [1.807, 2.05) is 6.92 Å². The maximum atomic E-state index is 12.4. The first kappa shape index (κ1) is 21.5. The Kier molecular flexibility index (Phi) is 6.49. The number of ether oxygens (including phenoxy) is 1. The van der Waals surface area contributed by atoms with Gasteiger partial charge < -0.3 is 10.1 Å². The number of carbonyl (C=O) groups is 5. The molecule has 9 nitrogen and oxygen atoms in total. The molecule has 30 heavy (non-hydrogen) atoms. The monoisotopic (exact) mass is 415 g/mol. The third-order valence-corrected chi connectivity index (χ3v) is 5.58. The Hall–Kier alpha value is -3.23. The van der Waals surface area contributed by atoms with Crippen molar-refractivity contribution in [1.82, 2.24) is 15.5 Å². The van der Waals surface area contributed by atoms with Gasteiger partial charge in [0.2, 0.25) is 0 Å². The summed E-state index contributed by atoms with van der Waals surface area (Å²) in [7, 11) is 0. The second-order valence-corrected chi connectivity index (χ2v) is 7.70. The van der Waals surface area contributed by atoms with Crippen LogP contribution in [0, 0.1) is 5.92 Å². The number of hydrogen-bond donors (Lipinski definition) is 2. The molecule has 0 radical (unpaired) electrons. The van der Waals surface area contributed by atoms with E-state index in [1.54, 1.807) is 12.1 Å². The predicted octanol–water partition coefficient (Wildman–Crippen LogP) is 1.62. The number of imide groups is 2. The summed E-state index contributed by atoms with van der Waals surface area (Å²) in [6, 6.07) is 4.42. The lowest BCUT2D eigenvalue weighted by Gasteiger charge is -2.29. The quantitative estimate of drug-likeness (QED) is 0.557. The van der Waals surface area contributed by atoms with Gasteiger partial charge in [0.1, 0.15) is 6.04 Å². The summed E-state index contributed by atoms with van der Waals surface area (Å²) in [5, 5.41) is 4.90. The van der Waals surface area contributed by atoms with Gasteiger partial charge >= 0.3 is 12.0 Å². The molecule has 5 amide bonds. The van der Waals surface area contributed by atoms with Crippen LogP contribution < -0.4 is 10.6 Å². The predicted molar refractivity (Wildman–Crippen MR) is 105 cm³/mol. The minimum absolute atomic E-state index is 0.00273. The molecular weight excluding hydrogens is 390 g/mol. The van der Waals surface area contributed by atoms with Crippen LogP contribution in [-0.2, 0) is 14.3 Å². The number of esters is 1. The third-order valence-electron chi connectivity index (χ3n) is 5.58. The Labute approximate surface area is 174 Å². The van der Waals surface area contributed by atoms with Crippen molar-refractivity contribution in [3.8, 4) is 0 Å². The highest BCUT2D eigenvalue weighted by Gasteiger charge is 2.41. The zero-order chi connectivity index (χ0) is 21.8. The van der Waals surface area contributed by atoms with Crippen molar-refractivity contribution in [1.29, 1.82) is 0 Å². The van der Waals surface area contributed by atoms with Crippen molar-refractivity contribution in [3.63, 3.8) is 0 Å². The molecule has 1 aliphatic heterocycles. The van der Waals surface area contributed by atoms with Gasteiger partial charge in [0.15, 0.2) is 6.61 Å². The van der Waals surface area contributed by atoms with Crippen LogP contribution in [0.5, 0.6) is 0 Å². The van der Waals surface area contributed by atoms with Crippen LogP contribution in [0.1, 0.15) is 60.2 Å². The zero-order valence-corrected chi connectivity index (χ0v) is 17.0. The molecule has 0 spiro atoms. The summed E-state index contributed by atoms with van der Waals surface area (Å²) in [6.45, 7) is 2.70. The van der Waals surface area contributed by atoms with Crippen LogP contribution >= 0.6 is 0 Å². The second-order valence-electron chi connectivity index (χ2n) is 7.70. The van der Waals surface area contributed by atoms with Gasteiger partial charge in [-0.3, -0.25) is 24.6 Å². The number of hydrogen-bond acceptors (Lipinski definition) is 6. The Bertz CT molecular complexity index is 848. The first-order chi connectivity index (χ1) is 14.3. The summed E-state index contributed by atoms with van der Waals surface area (Å²) in [4.78, 5) is 61.8. The first-order valence-electron chi connectivity index (χ1n) is 10.0. The van der Waals surface area contributed by atoms with E-state index in [4.69, 9.17) is 4.74 Å². The van der Waals surface area contributed by atoms with Crippen LogP contribution in [0.3, 0.4) is 0 Å². The molecule has 0 unspecified atom stereocenters. The number of urea groups is 1. The average molecular weight is 415 g/mol. The highest BCUT2D eigenvalue weighted by atomic mass is 16.5. The van der Waals surface area contributed by atoms with Gasteiger partial charge in [-0.15, -0.1) is 0 Å². The smallest absolute Gasteiger partial charge is 0.329 e. The van der Waals surface area contributed by atoms with Gasteiger partial charge in [-0.25, -0.2) is 9.59 Å². The Morgan fingerprint density at radius 1 is 1.10 bits per heavy atom. The standard InChI is InChI=1S/C21H25N3O6/c1-12-7-3-6-10-16(12)22-21(29)23-17(25)11-30-20(28)13(2)24-18(26)14-8-4-5-9-15(14)19(24)27/h4-5,8-9,12-13,16H,3,6-7,10-11H2,1-2H3,(H2,22,23,25,29)/t12-,13-,16-/m1/s1. The highest BCUT2D eigenvalue weighted by molar-refractivity contribution is 6.22. The van der Waals surface area contributed by atoms with Gasteiger partial charge in [-0.1, -0.05) is 31.9 Å². The van der Waals surface area contributed by atoms with Gasteiger partial charge in [0.05, 0.1) is 11.1 Å². The van der Waals surface area contributed by atoms with E-state index >= 15 is 0 Å². The molecule has 0 bridgehead atoms. The van der Waals surface area contributed by atoms with Gasteiger partial charge in [0.25, 0.3) is 17.7 Å². The molecule has 2 aliphatic rings. The van der Waals surface area contributed by atoms with E-state index in [0.717, 1.165) is 30.6 Å². The van der Waals surface area contributed by atoms with Crippen LogP contribution in [0.15, 0.2) is 24.3 Å². The maximum Gasteiger partial charge on any atom is 0.329 e. The molecule has 0 aromatic heterocycles. The number of fused-ring (bicyclic) bond motifs is 1. The number of carbonyl (C=O) groups excluding carboxylic acids is 5. The molecule has 3 atom stereocenters. The molecule has 1 heterocycles. The lowest BCUT2D eigenvalue weighted by atomic mass is 9.86. The van der Waals surface area contributed by atoms with E-state index in [9.17, 15) is 24.0 Å². The highest BCUT2D eigenvalue weighted by Crippen LogP contribution is 2.25. The van der Waals surface area contributed by atoms with Crippen molar-refractivity contribution in [2.24, 2.45) is 5.92 Å². The molecule has 1 fully saturated rings. The topological polar surface area (TPSA) is 122 Å². The summed E-state index contributed by atoms with van der Waals surface area (Å²) < 4.78 is 4.91. The summed E-state index contributed by atoms with van der Waals surface area (Å²) >= 11 is 0. The van der Waals surface area contributed by atoms with Crippen LogP contribution in [0.4, 0.5) is 4.79 Å². The number of benzene rings is 1. The van der Waals surface area contributed by atoms with E-state index in [0.29, 0.717) is 5.92 Å². The van der Waals surface area contributed by atoms with E-state index < -0.39 is 42.4 Å². The van der Waals surface area contributed by atoms with Crippen LogP contribution in [-0.4, -0.2) is 53.3 Å². The lowest BCUT2D eigenvalue weighted by Crippen LogP contribution is -2.49. The SMILES string of the molecule is C[C@@H]1CCCC[C@H]1NC(=O)NC(=O)COC(=O)[C@@H](C)N1C(=O)c2ccccc2C1=O. The Morgan fingerprint density at radius 3 is 2.30 bits per heavy atom. The van der Waals surface area contributed by atoms with Gasteiger partial charge in [-0.2, -0.15) is 0 Å². The van der Waals surface area contributed by atoms with E-state index in [1.165, 1.54) is 19.1 Å². The number of rotatable bonds is 5. The zero-order valence-electron chi connectivity index (χ0n) is 17.0. The summed E-state index contributed by atoms with van der Waals surface area (Å²) in [6.07, 6.45) is 4.03. The van der Waals surface area contributed by atoms with Crippen molar-refractivity contribution < 1.29 is 28.7 Å². The maximum absolute atomic E-state index is 12.4.